The molecule has 0 saturated heterocycles. The van der Waals surface area contributed by atoms with Crippen LogP contribution in [0.2, 0.25) is 0 Å². The van der Waals surface area contributed by atoms with Crippen molar-refractivity contribution in [1.82, 2.24) is 25.3 Å². The Bertz CT molecular complexity index is 1020. The SMILES string of the molecule is COc1ccccc1CNC(=O)c1cc2n(n1)CC(C)(C(=O)NCCC(C)C)N(C)C2=O. The molecule has 0 radical (unpaired) electrons. The van der Waals surface area contributed by atoms with E-state index in [1.54, 1.807) is 21.1 Å². The Morgan fingerprint density at radius 2 is 1.97 bits per heavy atom. The normalized spacial score (nSPS) is 17.8. The zero-order chi connectivity index (χ0) is 23.5. The largest absolute Gasteiger partial charge is 0.496 e. The third-order valence-corrected chi connectivity index (χ3v) is 5.86. The number of carbonyl (C=O) groups is 3. The fourth-order valence-corrected chi connectivity index (χ4v) is 3.62. The number of hydrogen-bond acceptors (Lipinski definition) is 5. The summed E-state index contributed by atoms with van der Waals surface area (Å²) in [5.41, 5.74) is 0.135. The van der Waals surface area contributed by atoms with Crippen LogP contribution in [0.25, 0.3) is 0 Å². The molecule has 2 N–H and O–H groups in total. The van der Waals surface area contributed by atoms with E-state index < -0.39 is 11.4 Å². The van der Waals surface area contributed by atoms with Gasteiger partial charge in [0.2, 0.25) is 5.91 Å². The minimum atomic E-state index is -1.10. The monoisotopic (exact) mass is 441 g/mol. The molecule has 2 aromatic rings. The molecule has 1 atom stereocenters. The van der Waals surface area contributed by atoms with Gasteiger partial charge >= 0.3 is 0 Å². The third-order valence-electron chi connectivity index (χ3n) is 5.86. The van der Waals surface area contributed by atoms with Crippen LogP contribution in [0.15, 0.2) is 30.3 Å². The number of benzene rings is 1. The van der Waals surface area contributed by atoms with E-state index in [0.29, 0.717) is 18.2 Å². The molecule has 32 heavy (non-hydrogen) atoms. The van der Waals surface area contributed by atoms with E-state index in [4.69, 9.17) is 4.74 Å². The molecular weight excluding hydrogens is 410 g/mol. The molecule has 1 aromatic heterocycles. The van der Waals surface area contributed by atoms with Crippen LogP contribution in [0.4, 0.5) is 0 Å². The molecule has 0 saturated carbocycles. The number of nitrogens with zero attached hydrogens (tertiary/aromatic N) is 3. The molecule has 1 unspecified atom stereocenters. The number of likely N-dealkylation sites (N-methyl/N-ethyl adjacent to an activating group) is 1. The summed E-state index contributed by atoms with van der Waals surface area (Å²) in [4.78, 5) is 40.0. The highest BCUT2D eigenvalue weighted by Crippen LogP contribution is 2.26. The predicted molar refractivity (Wildman–Crippen MR) is 119 cm³/mol. The van der Waals surface area contributed by atoms with Crippen molar-refractivity contribution in [2.75, 3.05) is 20.7 Å². The second-order valence-corrected chi connectivity index (χ2v) is 8.64. The minimum absolute atomic E-state index is 0.126. The summed E-state index contributed by atoms with van der Waals surface area (Å²) < 4.78 is 6.75. The van der Waals surface area contributed by atoms with E-state index in [-0.39, 0.29) is 36.3 Å². The van der Waals surface area contributed by atoms with E-state index in [1.165, 1.54) is 15.6 Å². The van der Waals surface area contributed by atoms with Gasteiger partial charge in [0.1, 0.15) is 17.0 Å². The number of para-hydroxylation sites is 1. The van der Waals surface area contributed by atoms with Gasteiger partial charge in [-0.1, -0.05) is 32.0 Å². The number of ether oxygens (including phenoxy) is 1. The van der Waals surface area contributed by atoms with Gasteiger partial charge in [0, 0.05) is 31.8 Å². The first-order chi connectivity index (χ1) is 15.2. The van der Waals surface area contributed by atoms with Crippen LogP contribution < -0.4 is 15.4 Å². The van der Waals surface area contributed by atoms with E-state index in [9.17, 15) is 14.4 Å². The van der Waals surface area contributed by atoms with E-state index in [0.717, 1.165) is 12.0 Å². The van der Waals surface area contributed by atoms with Crippen molar-refractivity contribution < 1.29 is 19.1 Å². The first kappa shape index (κ1) is 23.3. The Morgan fingerprint density at radius 3 is 2.66 bits per heavy atom. The lowest BCUT2D eigenvalue weighted by Gasteiger charge is -2.40. The fraction of sp³-hybridized carbons (Fsp3) is 0.478. The number of carbonyl (C=O) groups excluding carboxylic acids is 3. The maximum Gasteiger partial charge on any atom is 0.272 e. The molecule has 0 bridgehead atoms. The number of nitrogens with one attached hydrogen (secondary N) is 2. The predicted octanol–water partition coefficient (Wildman–Crippen LogP) is 1.83. The summed E-state index contributed by atoms with van der Waals surface area (Å²) in [5, 5.41) is 10.1. The standard InChI is InChI=1S/C23H31N5O4/c1-15(2)10-11-24-22(31)23(3)14-28-18(21(30)27(23)4)12-17(26-28)20(29)25-13-16-8-6-7-9-19(16)32-5/h6-9,12,15H,10-11,13-14H2,1-5H3,(H,24,31)(H,25,29). The van der Waals surface area contributed by atoms with Gasteiger partial charge in [-0.2, -0.15) is 5.10 Å². The number of rotatable bonds is 8. The average molecular weight is 442 g/mol. The first-order valence-corrected chi connectivity index (χ1v) is 10.7. The average Bonchev–Trinajstić information content (AvgIpc) is 3.19. The highest BCUT2D eigenvalue weighted by molar-refractivity contribution is 6.01. The Balaban J connectivity index is 1.73. The smallest absolute Gasteiger partial charge is 0.272 e. The lowest BCUT2D eigenvalue weighted by molar-refractivity contribution is -0.132. The molecule has 9 nitrogen and oxygen atoms in total. The molecule has 0 aliphatic carbocycles. The van der Waals surface area contributed by atoms with Gasteiger partial charge in [-0.15, -0.1) is 0 Å². The zero-order valence-electron chi connectivity index (χ0n) is 19.3. The summed E-state index contributed by atoms with van der Waals surface area (Å²) in [5.74, 6) is 0.138. The quantitative estimate of drug-likeness (QED) is 0.650. The number of hydrogen-bond donors (Lipinski definition) is 2. The molecular formula is C23H31N5O4. The van der Waals surface area contributed by atoms with Crippen LogP contribution in [0.1, 0.15) is 53.7 Å². The van der Waals surface area contributed by atoms with Crippen LogP contribution in [-0.4, -0.2) is 58.6 Å². The van der Waals surface area contributed by atoms with Gasteiger partial charge in [0.25, 0.3) is 11.8 Å². The summed E-state index contributed by atoms with van der Waals surface area (Å²) in [7, 11) is 3.17. The number of fused-ring (bicyclic) bond motifs is 1. The second-order valence-electron chi connectivity index (χ2n) is 8.64. The van der Waals surface area contributed by atoms with Crippen molar-refractivity contribution in [2.24, 2.45) is 5.92 Å². The van der Waals surface area contributed by atoms with Crippen molar-refractivity contribution in [3.63, 3.8) is 0 Å². The molecule has 2 heterocycles. The maximum absolute atomic E-state index is 13.0. The van der Waals surface area contributed by atoms with Crippen molar-refractivity contribution in [1.29, 1.82) is 0 Å². The van der Waals surface area contributed by atoms with Gasteiger partial charge in [0.15, 0.2) is 5.69 Å². The number of methoxy groups -OCH3 is 1. The number of aromatic nitrogens is 2. The topological polar surface area (TPSA) is 106 Å². The molecule has 172 valence electrons. The van der Waals surface area contributed by atoms with Gasteiger partial charge in [-0.3, -0.25) is 19.1 Å². The molecule has 3 rings (SSSR count). The zero-order valence-corrected chi connectivity index (χ0v) is 19.3. The van der Waals surface area contributed by atoms with E-state index in [2.05, 4.69) is 29.6 Å². The van der Waals surface area contributed by atoms with Crippen molar-refractivity contribution in [3.8, 4) is 5.75 Å². The Morgan fingerprint density at radius 1 is 1.25 bits per heavy atom. The Labute approximate surface area is 188 Å². The van der Waals surface area contributed by atoms with Crippen LogP contribution in [0, 0.1) is 5.92 Å². The summed E-state index contributed by atoms with van der Waals surface area (Å²) in [6.45, 7) is 6.84. The van der Waals surface area contributed by atoms with Crippen molar-refractivity contribution >= 4 is 17.7 Å². The van der Waals surface area contributed by atoms with Crippen LogP contribution in [0.3, 0.4) is 0 Å². The van der Waals surface area contributed by atoms with Gasteiger partial charge < -0.3 is 20.3 Å². The molecule has 1 aliphatic heterocycles. The molecule has 0 spiro atoms. The lowest BCUT2D eigenvalue weighted by Crippen LogP contribution is -2.62. The summed E-state index contributed by atoms with van der Waals surface area (Å²) >= 11 is 0. The number of amides is 3. The summed E-state index contributed by atoms with van der Waals surface area (Å²) in [6.07, 6.45) is 0.850. The lowest BCUT2D eigenvalue weighted by atomic mass is 9.95. The van der Waals surface area contributed by atoms with E-state index >= 15 is 0 Å². The minimum Gasteiger partial charge on any atom is -0.496 e. The molecule has 0 fully saturated rings. The molecule has 3 amide bonds. The van der Waals surface area contributed by atoms with Crippen LogP contribution in [-0.2, 0) is 17.9 Å². The van der Waals surface area contributed by atoms with Gasteiger partial charge in [-0.05, 0) is 25.3 Å². The first-order valence-electron chi connectivity index (χ1n) is 10.7. The van der Waals surface area contributed by atoms with Crippen LogP contribution >= 0.6 is 0 Å². The van der Waals surface area contributed by atoms with Gasteiger partial charge in [0.05, 0.1) is 13.7 Å². The highest BCUT2D eigenvalue weighted by Gasteiger charge is 2.46. The third kappa shape index (κ3) is 4.61. The second kappa shape index (κ2) is 9.42. The maximum atomic E-state index is 13.0. The molecule has 1 aliphatic rings. The Kier molecular flexibility index (Phi) is 6.86. The van der Waals surface area contributed by atoms with Crippen LogP contribution in [0.5, 0.6) is 5.75 Å². The van der Waals surface area contributed by atoms with Crippen molar-refractivity contribution in [2.45, 2.75) is 45.8 Å². The fourth-order valence-electron chi connectivity index (χ4n) is 3.62. The summed E-state index contributed by atoms with van der Waals surface area (Å²) in [6, 6.07) is 8.86. The van der Waals surface area contributed by atoms with E-state index in [1.807, 2.05) is 24.3 Å². The Hall–Kier alpha value is -3.36. The molecule has 1 aromatic carbocycles. The van der Waals surface area contributed by atoms with Crippen molar-refractivity contribution in [3.05, 3.63) is 47.3 Å². The van der Waals surface area contributed by atoms with Gasteiger partial charge in [-0.25, -0.2) is 0 Å². The highest BCUT2D eigenvalue weighted by atomic mass is 16.5. The molecule has 9 heteroatoms.